The Kier molecular flexibility index (Phi) is 5.05. The summed E-state index contributed by atoms with van der Waals surface area (Å²) in [6.07, 6.45) is 5.28. The Morgan fingerprint density at radius 2 is 2.35 bits per heavy atom. The van der Waals surface area contributed by atoms with Crippen molar-refractivity contribution in [3.8, 4) is 12.3 Å². The number of amides is 2. The summed E-state index contributed by atoms with van der Waals surface area (Å²) in [6, 6.07) is 6.83. The normalized spacial score (nSPS) is 9.47. The molecule has 1 aromatic rings. The predicted molar refractivity (Wildman–Crippen MR) is 67.7 cm³/mol. The Labute approximate surface area is 101 Å². The van der Waals surface area contributed by atoms with Crippen LogP contribution >= 0.6 is 0 Å². The maximum absolute atomic E-state index is 11.8. The lowest BCUT2D eigenvalue weighted by Crippen LogP contribution is -2.36. The fourth-order valence-electron chi connectivity index (χ4n) is 1.41. The van der Waals surface area contributed by atoms with Crippen LogP contribution in [0.1, 0.15) is 12.5 Å². The van der Waals surface area contributed by atoms with Crippen molar-refractivity contribution in [3.05, 3.63) is 29.8 Å². The average Bonchev–Trinajstić information content (AvgIpc) is 2.36. The second-order valence-corrected chi connectivity index (χ2v) is 3.46. The van der Waals surface area contributed by atoms with Crippen LogP contribution in [0.3, 0.4) is 0 Å². The van der Waals surface area contributed by atoms with Crippen molar-refractivity contribution in [2.24, 2.45) is 0 Å². The van der Waals surface area contributed by atoms with Crippen LogP contribution in [0.25, 0.3) is 0 Å². The molecule has 0 aliphatic rings. The zero-order valence-corrected chi connectivity index (χ0v) is 9.81. The highest BCUT2D eigenvalue weighted by molar-refractivity contribution is 5.89. The molecule has 0 spiro atoms. The lowest BCUT2D eigenvalue weighted by atomic mass is 10.2. The summed E-state index contributed by atoms with van der Waals surface area (Å²) in [4.78, 5) is 13.3. The number of likely N-dealkylation sites (N-methyl/N-ethyl adjacent to an activating group) is 1. The quantitative estimate of drug-likeness (QED) is 0.773. The van der Waals surface area contributed by atoms with E-state index in [-0.39, 0.29) is 12.6 Å². The lowest BCUT2D eigenvalue weighted by Gasteiger charge is -2.20. The van der Waals surface area contributed by atoms with Crippen LogP contribution in [0.2, 0.25) is 0 Å². The summed E-state index contributed by atoms with van der Waals surface area (Å²) in [7, 11) is 0. The van der Waals surface area contributed by atoms with E-state index >= 15 is 0 Å². The minimum absolute atomic E-state index is 0.0499. The monoisotopic (exact) mass is 232 g/mol. The average molecular weight is 232 g/mol. The van der Waals surface area contributed by atoms with E-state index in [1.807, 2.05) is 6.92 Å². The second-order valence-electron chi connectivity index (χ2n) is 3.46. The molecular formula is C13H16N2O2. The van der Waals surface area contributed by atoms with Gasteiger partial charge in [-0.05, 0) is 25.1 Å². The number of benzene rings is 1. The van der Waals surface area contributed by atoms with Gasteiger partial charge < -0.3 is 15.3 Å². The zero-order chi connectivity index (χ0) is 12.7. The number of urea groups is 1. The van der Waals surface area contributed by atoms with Gasteiger partial charge in [0.25, 0.3) is 0 Å². The smallest absolute Gasteiger partial charge is 0.321 e. The van der Waals surface area contributed by atoms with Crippen molar-refractivity contribution in [2.45, 2.75) is 6.92 Å². The summed E-state index contributed by atoms with van der Waals surface area (Å²) in [5.41, 5.74) is 1.37. The largest absolute Gasteiger partial charge is 0.395 e. The molecule has 4 heteroatoms. The van der Waals surface area contributed by atoms with Crippen molar-refractivity contribution in [1.82, 2.24) is 4.90 Å². The number of aliphatic hydroxyl groups is 1. The number of anilines is 1. The van der Waals surface area contributed by atoms with Gasteiger partial charge in [-0.1, -0.05) is 12.0 Å². The van der Waals surface area contributed by atoms with E-state index in [2.05, 4.69) is 11.2 Å². The number of hydrogen-bond donors (Lipinski definition) is 2. The highest BCUT2D eigenvalue weighted by Crippen LogP contribution is 2.10. The second kappa shape index (κ2) is 6.56. The van der Waals surface area contributed by atoms with Crippen molar-refractivity contribution in [3.63, 3.8) is 0 Å². The third kappa shape index (κ3) is 3.82. The van der Waals surface area contributed by atoms with Gasteiger partial charge in [0.2, 0.25) is 0 Å². The first-order chi connectivity index (χ1) is 8.21. The molecule has 0 fully saturated rings. The molecule has 0 saturated heterocycles. The van der Waals surface area contributed by atoms with Crippen molar-refractivity contribution < 1.29 is 9.90 Å². The van der Waals surface area contributed by atoms with E-state index in [0.29, 0.717) is 24.3 Å². The Bertz CT molecular complexity index is 424. The standard InChI is InChI=1S/C13H16N2O2/c1-3-11-6-5-7-12(10-11)14-13(17)15(4-2)8-9-16/h1,5-7,10,16H,4,8-9H2,2H3,(H,14,17). The molecule has 0 unspecified atom stereocenters. The van der Waals surface area contributed by atoms with Gasteiger partial charge in [0.1, 0.15) is 0 Å². The minimum Gasteiger partial charge on any atom is -0.395 e. The predicted octanol–water partition coefficient (Wildman–Crippen LogP) is 1.51. The Balaban J connectivity index is 2.70. The number of terminal acetylenes is 1. The van der Waals surface area contributed by atoms with Gasteiger partial charge in [0.15, 0.2) is 0 Å². The van der Waals surface area contributed by atoms with Gasteiger partial charge in [0, 0.05) is 24.3 Å². The molecular weight excluding hydrogens is 216 g/mol. The number of rotatable bonds is 4. The van der Waals surface area contributed by atoms with E-state index in [0.717, 1.165) is 0 Å². The number of nitrogens with zero attached hydrogens (tertiary/aromatic N) is 1. The Hall–Kier alpha value is -1.99. The van der Waals surface area contributed by atoms with Crippen LogP contribution in [-0.4, -0.2) is 35.7 Å². The van der Waals surface area contributed by atoms with Gasteiger partial charge in [-0.3, -0.25) is 0 Å². The van der Waals surface area contributed by atoms with Gasteiger partial charge in [0.05, 0.1) is 6.61 Å². The topological polar surface area (TPSA) is 52.6 Å². The molecule has 0 aliphatic carbocycles. The number of aliphatic hydroxyl groups excluding tert-OH is 1. The summed E-state index contributed by atoms with van der Waals surface area (Å²) in [5.74, 6) is 2.50. The minimum atomic E-state index is -0.240. The van der Waals surface area contributed by atoms with Crippen LogP contribution in [0.4, 0.5) is 10.5 Å². The van der Waals surface area contributed by atoms with Crippen LogP contribution in [0.15, 0.2) is 24.3 Å². The summed E-state index contributed by atoms with van der Waals surface area (Å²) < 4.78 is 0. The van der Waals surface area contributed by atoms with E-state index in [9.17, 15) is 4.79 Å². The summed E-state index contributed by atoms with van der Waals surface area (Å²) in [5, 5.41) is 11.5. The lowest BCUT2D eigenvalue weighted by molar-refractivity contribution is 0.192. The Morgan fingerprint density at radius 3 is 2.94 bits per heavy atom. The van der Waals surface area contributed by atoms with Crippen LogP contribution in [-0.2, 0) is 0 Å². The van der Waals surface area contributed by atoms with Crippen molar-refractivity contribution in [1.29, 1.82) is 0 Å². The SMILES string of the molecule is C#Cc1cccc(NC(=O)N(CC)CCO)c1. The van der Waals surface area contributed by atoms with E-state index in [1.165, 1.54) is 4.90 Å². The van der Waals surface area contributed by atoms with Crippen LogP contribution in [0, 0.1) is 12.3 Å². The molecule has 17 heavy (non-hydrogen) atoms. The molecule has 0 atom stereocenters. The molecule has 0 saturated carbocycles. The first-order valence-corrected chi connectivity index (χ1v) is 5.44. The van der Waals surface area contributed by atoms with E-state index in [4.69, 9.17) is 11.5 Å². The zero-order valence-electron chi connectivity index (χ0n) is 9.81. The third-order valence-corrected chi connectivity index (χ3v) is 2.32. The molecule has 0 heterocycles. The van der Waals surface area contributed by atoms with Gasteiger partial charge in [-0.2, -0.15) is 0 Å². The van der Waals surface area contributed by atoms with Gasteiger partial charge >= 0.3 is 6.03 Å². The number of hydrogen-bond acceptors (Lipinski definition) is 2. The Morgan fingerprint density at radius 1 is 1.59 bits per heavy atom. The van der Waals surface area contributed by atoms with Crippen LogP contribution in [0.5, 0.6) is 0 Å². The molecule has 1 aromatic carbocycles. The maximum Gasteiger partial charge on any atom is 0.321 e. The maximum atomic E-state index is 11.8. The highest BCUT2D eigenvalue weighted by atomic mass is 16.3. The summed E-state index contributed by atoms with van der Waals surface area (Å²) in [6.45, 7) is 2.66. The van der Waals surface area contributed by atoms with Crippen LogP contribution < -0.4 is 5.32 Å². The first-order valence-electron chi connectivity index (χ1n) is 5.44. The fourth-order valence-corrected chi connectivity index (χ4v) is 1.41. The molecule has 4 nitrogen and oxygen atoms in total. The number of nitrogens with one attached hydrogen (secondary N) is 1. The highest BCUT2D eigenvalue weighted by Gasteiger charge is 2.10. The molecule has 0 bridgehead atoms. The fraction of sp³-hybridized carbons (Fsp3) is 0.308. The molecule has 2 amide bonds. The van der Waals surface area contributed by atoms with E-state index < -0.39 is 0 Å². The molecule has 90 valence electrons. The third-order valence-electron chi connectivity index (χ3n) is 2.32. The molecule has 0 aliphatic heterocycles. The number of carbonyl (C=O) groups is 1. The van der Waals surface area contributed by atoms with Crippen molar-refractivity contribution in [2.75, 3.05) is 25.0 Å². The molecule has 0 aromatic heterocycles. The molecule has 1 rings (SSSR count). The summed E-state index contributed by atoms with van der Waals surface area (Å²) >= 11 is 0. The van der Waals surface area contributed by atoms with Gasteiger partial charge in [-0.25, -0.2) is 4.79 Å². The molecule has 2 N–H and O–H groups in total. The van der Waals surface area contributed by atoms with Crippen molar-refractivity contribution >= 4 is 11.7 Å². The first kappa shape index (κ1) is 13.1. The molecule has 0 radical (unpaired) electrons. The van der Waals surface area contributed by atoms with Gasteiger partial charge in [-0.15, -0.1) is 6.42 Å². The van der Waals surface area contributed by atoms with E-state index in [1.54, 1.807) is 24.3 Å². The number of carbonyl (C=O) groups excluding carboxylic acids is 1.